The van der Waals surface area contributed by atoms with Crippen molar-refractivity contribution in [3.05, 3.63) is 46.9 Å². The first kappa shape index (κ1) is 12.3. The lowest BCUT2D eigenvalue weighted by molar-refractivity contribution is -0.116. The van der Waals surface area contributed by atoms with Gasteiger partial charge in [-0.3, -0.25) is 4.79 Å². The van der Waals surface area contributed by atoms with Crippen LogP contribution in [0.5, 0.6) is 0 Å². The summed E-state index contributed by atoms with van der Waals surface area (Å²) in [7, 11) is 0. The minimum Gasteiger partial charge on any atom is -0.351 e. The van der Waals surface area contributed by atoms with Gasteiger partial charge >= 0.3 is 0 Å². The number of benzene rings is 1. The van der Waals surface area contributed by atoms with Crippen molar-refractivity contribution in [2.24, 2.45) is 0 Å². The van der Waals surface area contributed by atoms with Crippen LogP contribution in [0.1, 0.15) is 30.9 Å². The summed E-state index contributed by atoms with van der Waals surface area (Å²) in [5.74, 6) is -0.150. The highest BCUT2D eigenvalue weighted by molar-refractivity contribution is 7.80. The minimum absolute atomic E-state index is 0.137. The predicted octanol–water partition coefficient (Wildman–Crippen LogP) is 2.35. The number of ketones is 1. The van der Waals surface area contributed by atoms with E-state index in [-0.39, 0.29) is 17.6 Å². The van der Waals surface area contributed by atoms with E-state index >= 15 is 0 Å². The third kappa shape index (κ3) is 2.26. The van der Waals surface area contributed by atoms with Crippen LogP contribution >= 0.6 is 12.2 Å². The van der Waals surface area contributed by atoms with Gasteiger partial charge in [0.05, 0.1) is 6.04 Å². The largest absolute Gasteiger partial charge is 0.351 e. The van der Waals surface area contributed by atoms with E-state index in [9.17, 15) is 9.18 Å². The Hall–Kier alpha value is -1.75. The first-order valence-electron chi connectivity index (χ1n) is 6.24. The molecule has 19 heavy (non-hydrogen) atoms. The van der Waals surface area contributed by atoms with Crippen molar-refractivity contribution in [1.29, 1.82) is 0 Å². The fraction of sp³-hybridized carbons (Fsp3) is 0.286. The highest BCUT2D eigenvalue weighted by Crippen LogP contribution is 2.33. The smallest absolute Gasteiger partial charge is 0.171 e. The van der Waals surface area contributed by atoms with Crippen molar-refractivity contribution in [3.8, 4) is 0 Å². The number of rotatable bonds is 1. The number of hydrogen-bond donors (Lipinski definition) is 2. The summed E-state index contributed by atoms with van der Waals surface area (Å²) in [5, 5.41) is 6.68. The normalized spacial score (nSPS) is 22.7. The summed E-state index contributed by atoms with van der Waals surface area (Å²) < 4.78 is 13.0. The van der Waals surface area contributed by atoms with Gasteiger partial charge in [-0.05, 0) is 42.8 Å². The Morgan fingerprint density at radius 3 is 2.68 bits per heavy atom. The molecule has 0 aromatic heterocycles. The van der Waals surface area contributed by atoms with Gasteiger partial charge in [0.1, 0.15) is 5.82 Å². The SMILES string of the molecule is O=C1CCCC2=C1C(c1ccc(F)cc1)NC(=S)N2. The van der Waals surface area contributed by atoms with E-state index in [1.54, 1.807) is 12.1 Å². The summed E-state index contributed by atoms with van der Waals surface area (Å²) >= 11 is 5.17. The summed E-state index contributed by atoms with van der Waals surface area (Å²) in [5.41, 5.74) is 2.51. The number of allylic oxidation sites excluding steroid dienone is 1. The number of thiocarbonyl (C=S) groups is 1. The van der Waals surface area contributed by atoms with E-state index in [1.165, 1.54) is 12.1 Å². The average Bonchev–Trinajstić information content (AvgIpc) is 2.38. The fourth-order valence-corrected chi connectivity index (χ4v) is 2.85. The van der Waals surface area contributed by atoms with Gasteiger partial charge in [0.25, 0.3) is 0 Å². The van der Waals surface area contributed by atoms with Gasteiger partial charge in [0.2, 0.25) is 0 Å². The van der Waals surface area contributed by atoms with Crippen molar-refractivity contribution in [3.63, 3.8) is 0 Å². The molecular weight excluding hydrogens is 263 g/mol. The minimum atomic E-state index is -0.288. The third-order valence-corrected chi connectivity index (χ3v) is 3.71. The molecule has 0 saturated carbocycles. The van der Waals surface area contributed by atoms with E-state index in [4.69, 9.17) is 12.2 Å². The lowest BCUT2D eigenvalue weighted by Crippen LogP contribution is -2.46. The van der Waals surface area contributed by atoms with Gasteiger partial charge in [-0.25, -0.2) is 4.39 Å². The highest BCUT2D eigenvalue weighted by Gasteiger charge is 2.32. The van der Waals surface area contributed by atoms with E-state index < -0.39 is 0 Å². The molecule has 98 valence electrons. The number of halogens is 1. The maximum absolute atomic E-state index is 13.0. The monoisotopic (exact) mass is 276 g/mol. The lowest BCUT2D eigenvalue weighted by Gasteiger charge is -2.33. The molecule has 1 aromatic carbocycles. The van der Waals surface area contributed by atoms with Gasteiger partial charge in [-0.15, -0.1) is 0 Å². The van der Waals surface area contributed by atoms with Gasteiger partial charge in [0.15, 0.2) is 10.9 Å². The van der Waals surface area contributed by atoms with Crippen molar-refractivity contribution < 1.29 is 9.18 Å². The van der Waals surface area contributed by atoms with Gasteiger partial charge in [-0.1, -0.05) is 12.1 Å². The zero-order chi connectivity index (χ0) is 13.4. The molecule has 0 spiro atoms. The summed E-state index contributed by atoms with van der Waals surface area (Å²) in [6.45, 7) is 0. The molecule has 0 saturated heterocycles. The molecule has 0 bridgehead atoms. The molecule has 0 amide bonds. The number of carbonyl (C=O) groups excluding carboxylic acids is 1. The number of Topliss-reactive ketones (excluding diaryl/α,β-unsaturated/α-hetero) is 1. The molecule has 2 aliphatic rings. The quantitative estimate of drug-likeness (QED) is 0.773. The summed E-state index contributed by atoms with van der Waals surface area (Å²) in [6, 6.07) is 5.91. The molecule has 3 rings (SSSR count). The molecule has 1 atom stereocenters. The Kier molecular flexibility index (Phi) is 3.06. The molecule has 5 heteroatoms. The molecule has 2 N–H and O–H groups in total. The van der Waals surface area contributed by atoms with E-state index in [0.717, 1.165) is 29.7 Å². The Balaban J connectivity index is 2.05. The summed E-state index contributed by atoms with van der Waals surface area (Å²) in [6.07, 6.45) is 2.25. The van der Waals surface area contributed by atoms with Crippen LogP contribution in [0, 0.1) is 5.82 Å². The van der Waals surface area contributed by atoms with Crippen LogP contribution in [0.15, 0.2) is 35.5 Å². The first-order valence-corrected chi connectivity index (χ1v) is 6.65. The molecule has 1 heterocycles. The standard InChI is InChI=1S/C14H13FN2OS/c15-9-6-4-8(5-7-9)13-12-10(16-14(19)17-13)2-1-3-11(12)18/h4-7,13H,1-3H2,(H2,16,17,19). The van der Waals surface area contributed by atoms with E-state index in [0.29, 0.717) is 11.5 Å². The van der Waals surface area contributed by atoms with Crippen LogP contribution in [-0.4, -0.2) is 10.9 Å². The molecule has 0 fully saturated rings. The van der Waals surface area contributed by atoms with Crippen LogP contribution < -0.4 is 10.6 Å². The number of nitrogens with one attached hydrogen (secondary N) is 2. The van der Waals surface area contributed by atoms with Crippen LogP contribution in [0.25, 0.3) is 0 Å². The maximum atomic E-state index is 13.0. The molecular formula is C14H13FN2OS. The highest BCUT2D eigenvalue weighted by atomic mass is 32.1. The van der Waals surface area contributed by atoms with Crippen molar-refractivity contribution >= 4 is 23.1 Å². The Morgan fingerprint density at radius 2 is 1.95 bits per heavy atom. The second kappa shape index (κ2) is 4.74. The zero-order valence-corrected chi connectivity index (χ0v) is 11.0. The second-order valence-corrected chi connectivity index (χ2v) is 5.16. The zero-order valence-electron chi connectivity index (χ0n) is 10.2. The van der Waals surface area contributed by atoms with E-state index in [1.807, 2.05) is 0 Å². The Morgan fingerprint density at radius 1 is 1.21 bits per heavy atom. The van der Waals surface area contributed by atoms with Crippen molar-refractivity contribution in [2.45, 2.75) is 25.3 Å². The van der Waals surface area contributed by atoms with Crippen molar-refractivity contribution in [1.82, 2.24) is 10.6 Å². The second-order valence-electron chi connectivity index (χ2n) is 4.75. The molecule has 3 nitrogen and oxygen atoms in total. The molecule has 1 unspecified atom stereocenters. The van der Waals surface area contributed by atoms with Gasteiger partial charge < -0.3 is 10.6 Å². The lowest BCUT2D eigenvalue weighted by atomic mass is 9.85. The fourth-order valence-electron chi connectivity index (χ4n) is 2.61. The topological polar surface area (TPSA) is 41.1 Å². The van der Waals surface area contributed by atoms with Crippen LogP contribution in [-0.2, 0) is 4.79 Å². The maximum Gasteiger partial charge on any atom is 0.171 e. The van der Waals surface area contributed by atoms with Gasteiger partial charge in [0, 0.05) is 17.7 Å². The Labute approximate surface area is 115 Å². The summed E-state index contributed by atoms with van der Waals surface area (Å²) in [4.78, 5) is 12.1. The third-order valence-electron chi connectivity index (χ3n) is 3.49. The molecule has 0 radical (unpaired) electrons. The van der Waals surface area contributed by atoms with Crippen molar-refractivity contribution in [2.75, 3.05) is 0 Å². The van der Waals surface area contributed by atoms with Crippen LogP contribution in [0.2, 0.25) is 0 Å². The van der Waals surface area contributed by atoms with Crippen LogP contribution in [0.3, 0.4) is 0 Å². The molecule has 1 aliphatic heterocycles. The number of carbonyl (C=O) groups is 1. The number of hydrogen-bond acceptors (Lipinski definition) is 2. The molecule has 1 aliphatic carbocycles. The first-order chi connectivity index (χ1) is 9.15. The predicted molar refractivity (Wildman–Crippen MR) is 73.9 cm³/mol. The van der Waals surface area contributed by atoms with Gasteiger partial charge in [-0.2, -0.15) is 0 Å². The van der Waals surface area contributed by atoms with E-state index in [2.05, 4.69) is 10.6 Å². The Bertz CT molecular complexity index is 580. The molecule has 1 aromatic rings. The average molecular weight is 276 g/mol. The van der Waals surface area contributed by atoms with Crippen LogP contribution in [0.4, 0.5) is 4.39 Å².